The lowest BCUT2D eigenvalue weighted by atomic mass is 9.95. The second kappa shape index (κ2) is 7.82. The minimum atomic E-state index is -0.839. The van der Waals surface area contributed by atoms with Crippen LogP contribution in [0.25, 0.3) is 5.76 Å². The van der Waals surface area contributed by atoms with Crippen LogP contribution in [0.5, 0.6) is 0 Å². The Morgan fingerprint density at radius 2 is 1.68 bits per heavy atom. The van der Waals surface area contributed by atoms with Gasteiger partial charge in [0.25, 0.3) is 11.7 Å². The zero-order valence-corrected chi connectivity index (χ0v) is 15.6. The van der Waals surface area contributed by atoms with Gasteiger partial charge in [0.15, 0.2) is 0 Å². The predicted molar refractivity (Wildman–Crippen MR) is 103 cm³/mol. The van der Waals surface area contributed by atoms with Crippen molar-refractivity contribution in [3.05, 3.63) is 71.0 Å². The molecule has 0 aliphatic carbocycles. The summed E-state index contributed by atoms with van der Waals surface area (Å²) in [5, 5.41) is 20.1. The molecule has 0 bridgehead atoms. The number of rotatable bonds is 5. The first-order chi connectivity index (χ1) is 13.3. The largest absolute Gasteiger partial charge is 0.507 e. The Bertz CT molecular complexity index is 920. The van der Waals surface area contributed by atoms with Crippen molar-refractivity contribution in [2.24, 2.45) is 0 Å². The Morgan fingerprint density at radius 1 is 1.07 bits per heavy atom. The third kappa shape index (κ3) is 3.48. The molecule has 1 amide bonds. The maximum atomic E-state index is 13.2. The van der Waals surface area contributed by atoms with E-state index in [0.29, 0.717) is 5.56 Å². The number of amides is 1. The molecule has 1 aliphatic heterocycles. The Balaban J connectivity index is 2.14. The molecule has 0 spiro atoms. The van der Waals surface area contributed by atoms with Gasteiger partial charge in [-0.1, -0.05) is 12.1 Å². The van der Waals surface area contributed by atoms with Crippen LogP contribution in [0.15, 0.2) is 54.1 Å². The number of halogens is 1. The number of ketones is 1. The van der Waals surface area contributed by atoms with Crippen LogP contribution < -0.4 is 4.90 Å². The zero-order chi connectivity index (χ0) is 20.4. The molecule has 1 saturated heterocycles. The van der Waals surface area contributed by atoms with E-state index in [9.17, 15) is 24.2 Å². The highest BCUT2D eigenvalue weighted by Crippen LogP contribution is 2.39. The molecule has 0 radical (unpaired) electrons. The van der Waals surface area contributed by atoms with Gasteiger partial charge in [-0.05, 0) is 42.0 Å². The van der Waals surface area contributed by atoms with E-state index in [-0.39, 0.29) is 30.0 Å². The van der Waals surface area contributed by atoms with Crippen LogP contribution in [-0.2, 0) is 9.59 Å². The van der Waals surface area contributed by atoms with E-state index in [1.165, 1.54) is 29.2 Å². The topological polar surface area (TPSA) is 81.1 Å². The molecule has 0 aromatic heterocycles. The van der Waals surface area contributed by atoms with Crippen LogP contribution in [0.2, 0.25) is 0 Å². The number of Topliss-reactive ketones (excluding diaryl/α,β-unsaturated/α-hetero) is 1. The monoisotopic (exact) mass is 384 g/mol. The number of benzene rings is 2. The molecule has 1 fully saturated rings. The quantitative estimate of drug-likeness (QED) is 0.470. The maximum Gasteiger partial charge on any atom is 0.295 e. The summed E-state index contributed by atoms with van der Waals surface area (Å²) in [7, 11) is 3.78. The molecule has 6 nitrogen and oxygen atoms in total. The molecule has 7 heteroatoms. The van der Waals surface area contributed by atoms with Gasteiger partial charge in [0.05, 0.1) is 18.2 Å². The van der Waals surface area contributed by atoms with Gasteiger partial charge in [-0.25, -0.2) is 4.39 Å². The van der Waals surface area contributed by atoms with Crippen molar-refractivity contribution in [1.82, 2.24) is 4.90 Å². The summed E-state index contributed by atoms with van der Waals surface area (Å²) in [5.74, 6) is -2.48. The molecule has 2 aromatic rings. The summed E-state index contributed by atoms with van der Waals surface area (Å²) in [6.45, 7) is -0.374. The molecule has 1 atom stereocenters. The van der Waals surface area contributed by atoms with Crippen LogP contribution in [0.3, 0.4) is 0 Å². The zero-order valence-electron chi connectivity index (χ0n) is 15.6. The van der Waals surface area contributed by atoms with Crippen molar-refractivity contribution in [2.45, 2.75) is 6.04 Å². The molecular weight excluding hydrogens is 363 g/mol. The first kappa shape index (κ1) is 19.6. The number of hydrogen-bond acceptors (Lipinski definition) is 5. The summed E-state index contributed by atoms with van der Waals surface area (Å²) >= 11 is 0. The van der Waals surface area contributed by atoms with Gasteiger partial charge in [0.1, 0.15) is 11.6 Å². The normalized spacial score (nSPS) is 18.6. The third-order valence-corrected chi connectivity index (χ3v) is 4.72. The van der Waals surface area contributed by atoms with Crippen LogP contribution in [0.4, 0.5) is 10.1 Å². The average Bonchev–Trinajstić information content (AvgIpc) is 2.93. The lowest BCUT2D eigenvalue weighted by molar-refractivity contribution is -0.140. The van der Waals surface area contributed by atoms with Crippen molar-refractivity contribution in [3.63, 3.8) is 0 Å². The first-order valence-electron chi connectivity index (χ1n) is 8.77. The van der Waals surface area contributed by atoms with Gasteiger partial charge in [-0.3, -0.25) is 9.59 Å². The summed E-state index contributed by atoms with van der Waals surface area (Å²) < 4.78 is 13.2. The van der Waals surface area contributed by atoms with Gasteiger partial charge in [-0.2, -0.15) is 0 Å². The molecule has 2 N–H and O–H groups in total. The Hall–Kier alpha value is -3.19. The number of aliphatic hydroxyl groups is 2. The average molecular weight is 384 g/mol. The van der Waals surface area contributed by atoms with Crippen LogP contribution in [0.1, 0.15) is 17.2 Å². The fourth-order valence-corrected chi connectivity index (χ4v) is 3.28. The number of carbonyl (C=O) groups is 2. The highest BCUT2D eigenvalue weighted by Gasteiger charge is 2.45. The number of likely N-dealkylation sites (tertiary alicyclic amines) is 1. The van der Waals surface area contributed by atoms with Gasteiger partial charge in [-0.15, -0.1) is 0 Å². The molecule has 3 rings (SSSR count). The SMILES string of the molecule is CN(C)c1ccc([C@@H]2C(=C(O)c3ccc(F)cc3)C(=O)C(=O)N2CCO)cc1. The van der Waals surface area contributed by atoms with Gasteiger partial charge in [0.2, 0.25) is 0 Å². The molecule has 146 valence electrons. The Morgan fingerprint density at radius 3 is 2.21 bits per heavy atom. The first-order valence-corrected chi connectivity index (χ1v) is 8.77. The lowest BCUT2D eigenvalue weighted by Gasteiger charge is -2.25. The number of anilines is 1. The minimum absolute atomic E-state index is 0.0507. The van der Waals surface area contributed by atoms with E-state index in [0.717, 1.165) is 5.69 Å². The highest BCUT2D eigenvalue weighted by molar-refractivity contribution is 6.46. The van der Waals surface area contributed by atoms with E-state index >= 15 is 0 Å². The summed E-state index contributed by atoms with van der Waals surface area (Å²) in [4.78, 5) is 28.3. The highest BCUT2D eigenvalue weighted by atomic mass is 19.1. The Labute approximate surface area is 162 Å². The van der Waals surface area contributed by atoms with Gasteiger partial charge >= 0.3 is 0 Å². The fraction of sp³-hybridized carbons (Fsp3) is 0.238. The summed E-state index contributed by atoms with van der Waals surface area (Å²) in [6, 6.07) is 11.4. The van der Waals surface area contributed by atoms with E-state index in [2.05, 4.69) is 0 Å². The number of β-amino-alcohol motifs (C(OH)–C–C–N with tert-alkyl or cyclic N) is 1. The summed E-state index contributed by atoms with van der Waals surface area (Å²) in [6.07, 6.45) is 0. The number of aliphatic hydroxyl groups excluding tert-OH is 2. The van der Waals surface area contributed by atoms with Gasteiger partial charge < -0.3 is 20.0 Å². The van der Waals surface area contributed by atoms with Crippen molar-refractivity contribution in [1.29, 1.82) is 0 Å². The number of carbonyl (C=O) groups excluding carboxylic acids is 2. The minimum Gasteiger partial charge on any atom is -0.507 e. The Kier molecular flexibility index (Phi) is 5.46. The fourth-order valence-electron chi connectivity index (χ4n) is 3.28. The third-order valence-electron chi connectivity index (χ3n) is 4.72. The van der Waals surface area contributed by atoms with E-state index < -0.39 is 23.5 Å². The van der Waals surface area contributed by atoms with Crippen molar-refractivity contribution in [3.8, 4) is 0 Å². The van der Waals surface area contributed by atoms with E-state index in [1.54, 1.807) is 12.1 Å². The van der Waals surface area contributed by atoms with Gasteiger partial charge in [0, 0.05) is 31.9 Å². The molecule has 1 aliphatic rings. The van der Waals surface area contributed by atoms with Crippen LogP contribution >= 0.6 is 0 Å². The van der Waals surface area contributed by atoms with Crippen molar-refractivity contribution >= 4 is 23.1 Å². The van der Waals surface area contributed by atoms with Crippen LogP contribution in [0, 0.1) is 5.82 Å². The standard InChI is InChI=1S/C21H21FN2O4/c1-23(2)16-9-5-13(6-10-16)18-17(20(27)21(28)24(18)11-12-25)19(26)14-3-7-15(22)8-4-14/h3-10,18,25-26H,11-12H2,1-2H3/t18-/m1/s1. The molecular formula is C21H21FN2O4. The van der Waals surface area contributed by atoms with Crippen molar-refractivity contribution in [2.75, 3.05) is 32.1 Å². The van der Waals surface area contributed by atoms with E-state index in [1.807, 2.05) is 31.1 Å². The molecule has 0 saturated carbocycles. The smallest absolute Gasteiger partial charge is 0.295 e. The maximum absolute atomic E-state index is 13.2. The summed E-state index contributed by atoms with van der Waals surface area (Å²) in [5.41, 5.74) is 1.71. The predicted octanol–water partition coefficient (Wildman–Crippen LogP) is 2.31. The second-order valence-electron chi connectivity index (χ2n) is 6.71. The molecule has 1 heterocycles. The second-order valence-corrected chi connectivity index (χ2v) is 6.71. The number of nitrogens with zero attached hydrogens (tertiary/aromatic N) is 2. The molecule has 2 aromatic carbocycles. The lowest BCUT2D eigenvalue weighted by Crippen LogP contribution is -2.32. The van der Waals surface area contributed by atoms with E-state index in [4.69, 9.17) is 0 Å². The van der Waals surface area contributed by atoms with Crippen LogP contribution in [-0.4, -0.2) is 54.1 Å². The molecule has 28 heavy (non-hydrogen) atoms. The molecule has 0 unspecified atom stereocenters. The van der Waals surface area contributed by atoms with Crippen molar-refractivity contribution < 1.29 is 24.2 Å². The number of hydrogen-bond donors (Lipinski definition) is 2.